The summed E-state index contributed by atoms with van der Waals surface area (Å²) < 4.78 is 7.50. The minimum atomic E-state index is 0.461. The van der Waals surface area contributed by atoms with E-state index in [9.17, 15) is 0 Å². The highest BCUT2D eigenvalue weighted by atomic mass is 16.5. The fraction of sp³-hybridized carbons (Fsp3) is 0.588. The first kappa shape index (κ1) is 14.5. The lowest BCUT2D eigenvalue weighted by Crippen LogP contribution is -2.36. The van der Waals surface area contributed by atoms with Gasteiger partial charge >= 0.3 is 0 Å². The molecular formula is C17H23N5O. The van der Waals surface area contributed by atoms with E-state index in [2.05, 4.69) is 30.6 Å². The Kier molecular flexibility index (Phi) is 3.89. The summed E-state index contributed by atoms with van der Waals surface area (Å²) in [6.07, 6.45) is 12.6. The van der Waals surface area contributed by atoms with Crippen molar-refractivity contribution in [1.82, 2.24) is 19.5 Å². The number of imidazole rings is 1. The molecule has 1 aliphatic heterocycles. The van der Waals surface area contributed by atoms with E-state index in [1.54, 1.807) is 19.5 Å². The molecule has 1 atom stereocenters. The topological polar surface area (TPSA) is 56.1 Å². The minimum Gasteiger partial charge on any atom is -0.494 e. The molecule has 1 saturated carbocycles. The Balaban J connectivity index is 1.48. The number of methoxy groups -OCH3 is 1. The van der Waals surface area contributed by atoms with Crippen LogP contribution in [-0.4, -0.2) is 39.7 Å². The molecule has 0 bridgehead atoms. The molecule has 3 heterocycles. The van der Waals surface area contributed by atoms with Crippen LogP contribution in [0.3, 0.4) is 0 Å². The fourth-order valence-corrected chi connectivity index (χ4v) is 3.36. The van der Waals surface area contributed by atoms with Crippen LogP contribution >= 0.6 is 0 Å². The van der Waals surface area contributed by atoms with Gasteiger partial charge in [0, 0.05) is 37.9 Å². The molecule has 23 heavy (non-hydrogen) atoms. The van der Waals surface area contributed by atoms with Crippen molar-refractivity contribution in [2.24, 2.45) is 5.92 Å². The van der Waals surface area contributed by atoms with Crippen molar-refractivity contribution in [2.45, 2.75) is 38.1 Å². The predicted molar refractivity (Wildman–Crippen MR) is 87.7 cm³/mol. The normalized spacial score (nSPS) is 21.4. The maximum Gasteiger partial charge on any atom is 0.225 e. The molecule has 2 aromatic heterocycles. The van der Waals surface area contributed by atoms with Gasteiger partial charge in [0.2, 0.25) is 5.95 Å². The molecule has 0 amide bonds. The van der Waals surface area contributed by atoms with Gasteiger partial charge in [0.15, 0.2) is 5.75 Å². The highest BCUT2D eigenvalue weighted by molar-refractivity contribution is 5.33. The van der Waals surface area contributed by atoms with Crippen LogP contribution in [0.4, 0.5) is 5.95 Å². The lowest BCUT2D eigenvalue weighted by Gasteiger charge is -2.32. The number of piperidine rings is 1. The molecule has 0 N–H and O–H groups in total. The number of ether oxygens (including phenoxy) is 1. The molecule has 6 heteroatoms. The number of anilines is 1. The van der Waals surface area contributed by atoms with Crippen LogP contribution in [0.5, 0.6) is 5.75 Å². The van der Waals surface area contributed by atoms with Crippen molar-refractivity contribution in [3.63, 3.8) is 0 Å². The summed E-state index contributed by atoms with van der Waals surface area (Å²) in [6, 6.07) is 0. The Labute approximate surface area is 136 Å². The summed E-state index contributed by atoms with van der Waals surface area (Å²) in [5, 5.41) is 0. The Hall–Kier alpha value is -2.11. The molecular weight excluding hydrogens is 290 g/mol. The van der Waals surface area contributed by atoms with E-state index < -0.39 is 0 Å². The van der Waals surface area contributed by atoms with Gasteiger partial charge in [-0.25, -0.2) is 15.0 Å². The van der Waals surface area contributed by atoms with Gasteiger partial charge in [-0.05, 0) is 31.6 Å². The van der Waals surface area contributed by atoms with Crippen LogP contribution in [0.2, 0.25) is 0 Å². The van der Waals surface area contributed by atoms with Gasteiger partial charge < -0.3 is 14.2 Å². The molecule has 0 spiro atoms. The fourth-order valence-electron chi connectivity index (χ4n) is 3.36. The molecule has 0 aromatic carbocycles. The molecule has 1 aliphatic carbocycles. The third kappa shape index (κ3) is 3.16. The summed E-state index contributed by atoms with van der Waals surface area (Å²) in [5.74, 6) is 4.05. The largest absolute Gasteiger partial charge is 0.494 e. The lowest BCUT2D eigenvalue weighted by molar-refractivity contribution is 0.409. The first-order valence-electron chi connectivity index (χ1n) is 8.45. The maximum atomic E-state index is 5.14. The van der Waals surface area contributed by atoms with E-state index in [1.807, 2.05) is 6.20 Å². The second kappa shape index (κ2) is 6.18. The Morgan fingerprint density at radius 2 is 2.00 bits per heavy atom. The molecule has 122 valence electrons. The molecule has 4 rings (SSSR count). The second-order valence-electron chi connectivity index (χ2n) is 6.59. The smallest absolute Gasteiger partial charge is 0.225 e. The first-order chi connectivity index (χ1) is 11.3. The molecule has 2 aliphatic rings. The second-order valence-corrected chi connectivity index (χ2v) is 6.59. The number of hydrogen-bond donors (Lipinski definition) is 0. The van der Waals surface area contributed by atoms with Crippen molar-refractivity contribution < 1.29 is 4.74 Å². The Bertz CT molecular complexity index is 649. The molecule has 1 unspecified atom stereocenters. The van der Waals surface area contributed by atoms with Crippen LogP contribution < -0.4 is 9.64 Å². The molecule has 0 radical (unpaired) electrons. The van der Waals surface area contributed by atoms with Crippen LogP contribution in [0.1, 0.15) is 37.4 Å². The van der Waals surface area contributed by atoms with Crippen molar-refractivity contribution in [3.05, 3.63) is 30.6 Å². The van der Waals surface area contributed by atoms with Gasteiger partial charge in [-0.3, -0.25) is 0 Å². The molecule has 1 saturated heterocycles. The predicted octanol–water partition coefficient (Wildman–Crippen LogP) is 2.48. The van der Waals surface area contributed by atoms with Crippen LogP contribution in [0.15, 0.2) is 24.8 Å². The van der Waals surface area contributed by atoms with Gasteiger partial charge in [-0.15, -0.1) is 0 Å². The quantitative estimate of drug-likeness (QED) is 0.849. The zero-order chi connectivity index (χ0) is 15.6. The van der Waals surface area contributed by atoms with Crippen LogP contribution in [0.25, 0.3) is 0 Å². The Morgan fingerprint density at radius 1 is 1.17 bits per heavy atom. The van der Waals surface area contributed by atoms with Gasteiger partial charge in [0.1, 0.15) is 5.82 Å². The number of nitrogens with zero attached hydrogens (tertiary/aromatic N) is 5. The SMILES string of the molecule is COc1cnc(N2CCCC(c3nccn3CC3CC3)C2)nc1. The minimum absolute atomic E-state index is 0.461. The van der Waals surface area contributed by atoms with E-state index in [4.69, 9.17) is 4.74 Å². The van der Waals surface area contributed by atoms with Crippen molar-refractivity contribution >= 4 is 5.95 Å². The number of rotatable bonds is 5. The van der Waals surface area contributed by atoms with Crippen molar-refractivity contribution in [2.75, 3.05) is 25.1 Å². The monoisotopic (exact) mass is 313 g/mol. The van der Waals surface area contributed by atoms with Crippen LogP contribution in [-0.2, 0) is 6.54 Å². The van der Waals surface area contributed by atoms with Gasteiger partial charge in [0.05, 0.1) is 19.5 Å². The summed E-state index contributed by atoms with van der Waals surface area (Å²) in [6.45, 7) is 3.07. The Morgan fingerprint density at radius 3 is 2.74 bits per heavy atom. The molecule has 6 nitrogen and oxygen atoms in total. The van der Waals surface area contributed by atoms with E-state index in [0.29, 0.717) is 11.7 Å². The van der Waals surface area contributed by atoms with E-state index in [1.165, 1.54) is 25.1 Å². The number of aromatic nitrogens is 4. The third-order valence-electron chi connectivity index (χ3n) is 4.82. The standard InChI is InChI=1S/C17H23N5O/c1-23-15-9-19-17(20-10-15)22-7-2-3-14(12-22)16-18-6-8-21(16)11-13-4-5-13/h6,8-10,13-14H,2-5,7,11-12H2,1H3. The summed E-state index contributed by atoms with van der Waals surface area (Å²) in [4.78, 5) is 15.8. The molecule has 2 fully saturated rings. The van der Waals surface area contributed by atoms with E-state index >= 15 is 0 Å². The summed E-state index contributed by atoms with van der Waals surface area (Å²) in [7, 11) is 1.63. The van der Waals surface area contributed by atoms with Gasteiger partial charge in [-0.2, -0.15) is 0 Å². The van der Waals surface area contributed by atoms with Gasteiger partial charge in [0.25, 0.3) is 0 Å². The highest BCUT2D eigenvalue weighted by Gasteiger charge is 2.28. The average Bonchev–Trinajstić information content (AvgIpc) is 3.30. The van der Waals surface area contributed by atoms with Crippen LogP contribution in [0, 0.1) is 5.92 Å². The summed E-state index contributed by atoms with van der Waals surface area (Å²) >= 11 is 0. The summed E-state index contributed by atoms with van der Waals surface area (Å²) in [5.41, 5.74) is 0. The first-order valence-corrected chi connectivity index (χ1v) is 8.45. The van der Waals surface area contributed by atoms with Crippen molar-refractivity contribution in [3.8, 4) is 5.75 Å². The highest BCUT2D eigenvalue weighted by Crippen LogP contribution is 2.33. The average molecular weight is 313 g/mol. The van der Waals surface area contributed by atoms with Gasteiger partial charge in [-0.1, -0.05) is 0 Å². The maximum absolute atomic E-state index is 5.14. The van der Waals surface area contributed by atoms with E-state index in [0.717, 1.165) is 37.9 Å². The van der Waals surface area contributed by atoms with Crippen molar-refractivity contribution in [1.29, 1.82) is 0 Å². The number of hydrogen-bond acceptors (Lipinski definition) is 5. The lowest BCUT2D eigenvalue weighted by atomic mass is 9.97. The third-order valence-corrected chi connectivity index (χ3v) is 4.82. The molecule has 2 aromatic rings. The zero-order valence-electron chi connectivity index (χ0n) is 13.6. The zero-order valence-corrected chi connectivity index (χ0v) is 13.6. The van der Waals surface area contributed by atoms with E-state index in [-0.39, 0.29) is 0 Å².